The van der Waals surface area contributed by atoms with E-state index in [1.807, 2.05) is 0 Å². The fourth-order valence-electron chi connectivity index (χ4n) is 3.32. The van der Waals surface area contributed by atoms with Gasteiger partial charge in [-0.15, -0.1) is 0 Å². The molecular weight excluding hydrogens is 230 g/mol. The number of amides is 1. The summed E-state index contributed by atoms with van der Waals surface area (Å²) >= 11 is 0. The molecule has 18 heavy (non-hydrogen) atoms. The van der Waals surface area contributed by atoms with Gasteiger partial charge in [-0.3, -0.25) is 9.59 Å². The van der Waals surface area contributed by atoms with Gasteiger partial charge in [-0.25, -0.2) is 0 Å². The predicted octanol–water partition coefficient (Wildman–Crippen LogP) is 2.43. The van der Waals surface area contributed by atoms with E-state index in [1.54, 1.807) is 0 Å². The van der Waals surface area contributed by atoms with Gasteiger partial charge in [0.2, 0.25) is 5.91 Å². The zero-order valence-electron chi connectivity index (χ0n) is 11.8. The molecule has 0 heterocycles. The topological polar surface area (TPSA) is 66.4 Å². The summed E-state index contributed by atoms with van der Waals surface area (Å²) in [7, 11) is 0. The molecule has 1 fully saturated rings. The van der Waals surface area contributed by atoms with Crippen molar-refractivity contribution in [2.24, 2.45) is 17.3 Å². The second-order valence-corrected chi connectivity index (χ2v) is 6.61. The smallest absolute Gasteiger partial charge is 0.325 e. The van der Waals surface area contributed by atoms with Crippen LogP contribution in [-0.2, 0) is 9.59 Å². The minimum Gasteiger partial charge on any atom is -0.480 e. The molecule has 1 aliphatic carbocycles. The standard InChI is InChI=1S/C14H25NO3/c1-9-5-11(8-14(3,4)7-9)6-12(16)15-10(2)13(17)18/h9-11H,5-8H2,1-4H3,(H,15,16)(H,17,18). The Morgan fingerprint density at radius 3 is 2.50 bits per heavy atom. The summed E-state index contributed by atoms with van der Waals surface area (Å²) in [4.78, 5) is 22.4. The second kappa shape index (κ2) is 5.72. The van der Waals surface area contributed by atoms with Crippen LogP contribution in [-0.4, -0.2) is 23.0 Å². The molecule has 0 bridgehead atoms. The molecule has 1 amide bonds. The number of carboxylic acids is 1. The van der Waals surface area contributed by atoms with E-state index in [0.29, 0.717) is 23.7 Å². The molecule has 1 rings (SSSR count). The van der Waals surface area contributed by atoms with Gasteiger partial charge >= 0.3 is 5.97 Å². The first-order chi connectivity index (χ1) is 8.19. The summed E-state index contributed by atoms with van der Waals surface area (Å²) < 4.78 is 0. The molecule has 3 atom stereocenters. The lowest BCUT2D eigenvalue weighted by Gasteiger charge is -2.38. The van der Waals surface area contributed by atoms with Crippen LogP contribution in [0.3, 0.4) is 0 Å². The molecule has 3 unspecified atom stereocenters. The Balaban J connectivity index is 2.47. The minimum atomic E-state index is -0.985. The molecule has 2 N–H and O–H groups in total. The first-order valence-electron chi connectivity index (χ1n) is 6.72. The van der Waals surface area contributed by atoms with Gasteiger partial charge in [-0.2, -0.15) is 0 Å². The molecule has 0 aromatic carbocycles. The Morgan fingerprint density at radius 1 is 1.39 bits per heavy atom. The molecule has 0 saturated heterocycles. The van der Waals surface area contributed by atoms with Gasteiger partial charge < -0.3 is 10.4 Å². The molecule has 1 aliphatic rings. The summed E-state index contributed by atoms with van der Waals surface area (Å²) in [6, 6.07) is -0.800. The highest BCUT2D eigenvalue weighted by molar-refractivity contribution is 5.83. The third kappa shape index (κ3) is 4.67. The maximum atomic E-state index is 11.8. The lowest BCUT2D eigenvalue weighted by atomic mass is 9.67. The quantitative estimate of drug-likeness (QED) is 0.810. The number of hydrogen-bond donors (Lipinski definition) is 2. The average Bonchev–Trinajstić information content (AvgIpc) is 2.12. The molecule has 0 spiro atoms. The lowest BCUT2D eigenvalue weighted by molar-refractivity contribution is -0.141. The average molecular weight is 255 g/mol. The zero-order valence-corrected chi connectivity index (χ0v) is 11.8. The van der Waals surface area contributed by atoms with Crippen LogP contribution in [0.15, 0.2) is 0 Å². The van der Waals surface area contributed by atoms with E-state index in [-0.39, 0.29) is 5.91 Å². The van der Waals surface area contributed by atoms with Gasteiger partial charge in [0.1, 0.15) is 6.04 Å². The molecule has 4 heteroatoms. The van der Waals surface area contributed by atoms with Gasteiger partial charge in [0, 0.05) is 6.42 Å². The summed E-state index contributed by atoms with van der Waals surface area (Å²) in [6.45, 7) is 8.21. The van der Waals surface area contributed by atoms with Gasteiger partial charge in [-0.1, -0.05) is 20.8 Å². The Bertz CT molecular complexity index is 325. The monoisotopic (exact) mass is 255 g/mol. The fraction of sp³-hybridized carbons (Fsp3) is 0.857. The molecule has 4 nitrogen and oxygen atoms in total. The summed E-state index contributed by atoms with van der Waals surface area (Å²) in [5.74, 6) is -0.103. The number of nitrogens with one attached hydrogen (secondary N) is 1. The Kier molecular flexibility index (Phi) is 4.77. The van der Waals surface area contributed by atoms with Gasteiger partial charge in [-0.05, 0) is 43.4 Å². The molecular formula is C14H25NO3. The number of hydrogen-bond acceptors (Lipinski definition) is 2. The highest BCUT2D eigenvalue weighted by Crippen LogP contribution is 2.42. The molecule has 104 valence electrons. The van der Waals surface area contributed by atoms with Gasteiger partial charge in [0.05, 0.1) is 0 Å². The van der Waals surface area contributed by atoms with Crippen molar-refractivity contribution in [2.45, 2.75) is 59.4 Å². The van der Waals surface area contributed by atoms with Crippen LogP contribution in [0.5, 0.6) is 0 Å². The van der Waals surface area contributed by atoms with Crippen molar-refractivity contribution >= 4 is 11.9 Å². The fourth-order valence-corrected chi connectivity index (χ4v) is 3.32. The normalized spacial score (nSPS) is 28.4. The number of rotatable bonds is 4. The van der Waals surface area contributed by atoms with E-state index in [4.69, 9.17) is 5.11 Å². The Labute approximate surface area is 109 Å². The van der Waals surface area contributed by atoms with Crippen molar-refractivity contribution < 1.29 is 14.7 Å². The van der Waals surface area contributed by atoms with Crippen LogP contribution in [0.1, 0.15) is 53.4 Å². The summed E-state index contributed by atoms with van der Waals surface area (Å²) in [5, 5.41) is 11.3. The molecule has 1 saturated carbocycles. The van der Waals surface area contributed by atoms with Crippen LogP contribution >= 0.6 is 0 Å². The van der Waals surface area contributed by atoms with E-state index in [0.717, 1.165) is 12.8 Å². The number of carbonyl (C=O) groups is 2. The molecule has 0 aliphatic heterocycles. The number of aliphatic carboxylic acids is 1. The third-order valence-electron chi connectivity index (χ3n) is 3.70. The molecule has 0 radical (unpaired) electrons. The van der Waals surface area contributed by atoms with Crippen molar-refractivity contribution in [1.29, 1.82) is 0 Å². The van der Waals surface area contributed by atoms with E-state index < -0.39 is 12.0 Å². The van der Waals surface area contributed by atoms with Crippen LogP contribution in [0.2, 0.25) is 0 Å². The number of carboxylic acid groups (broad SMARTS) is 1. The highest BCUT2D eigenvalue weighted by atomic mass is 16.4. The van der Waals surface area contributed by atoms with E-state index in [1.165, 1.54) is 13.3 Å². The summed E-state index contributed by atoms with van der Waals surface area (Å²) in [6.07, 6.45) is 3.77. The third-order valence-corrected chi connectivity index (χ3v) is 3.70. The van der Waals surface area contributed by atoms with E-state index in [9.17, 15) is 9.59 Å². The lowest BCUT2D eigenvalue weighted by Crippen LogP contribution is -2.40. The minimum absolute atomic E-state index is 0.139. The van der Waals surface area contributed by atoms with Crippen molar-refractivity contribution in [3.05, 3.63) is 0 Å². The maximum absolute atomic E-state index is 11.8. The van der Waals surface area contributed by atoms with Crippen LogP contribution < -0.4 is 5.32 Å². The Morgan fingerprint density at radius 2 is 2.00 bits per heavy atom. The molecule has 0 aromatic rings. The SMILES string of the molecule is CC1CC(CC(=O)NC(C)C(=O)O)CC(C)(C)C1. The van der Waals surface area contributed by atoms with Crippen LogP contribution in [0, 0.1) is 17.3 Å². The van der Waals surface area contributed by atoms with Gasteiger partial charge in [0.25, 0.3) is 0 Å². The first kappa shape index (κ1) is 15.0. The summed E-state index contributed by atoms with van der Waals surface area (Å²) in [5.41, 5.74) is 0.293. The maximum Gasteiger partial charge on any atom is 0.325 e. The van der Waals surface area contributed by atoms with Crippen molar-refractivity contribution in [1.82, 2.24) is 5.32 Å². The van der Waals surface area contributed by atoms with Crippen LogP contribution in [0.25, 0.3) is 0 Å². The van der Waals surface area contributed by atoms with Gasteiger partial charge in [0.15, 0.2) is 0 Å². The first-order valence-corrected chi connectivity index (χ1v) is 6.72. The molecule has 0 aromatic heterocycles. The van der Waals surface area contributed by atoms with Crippen molar-refractivity contribution in [2.75, 3.05) is 0 Å². The zero-order chi connectivity index (χ0) is 13.9. The Hall–Kier alpha value is -1.06. The van der Waals surface area contributed by atoms with Crippen molar-refractivity contribution in [3.8, 4) is 0 Å². The van der Waals surface area contributed by atoms with Crippen LogP contribution in [0.4, 0.5) is 0 Å². The highest BCUT2D eigenvalue weighted by Gasteiger charge is 2.33. The largest absolute Gasteiger partial charge is 0.480 e. The van der Waals surface area contributed by atoms with E-state index in [2.05, 4.69) is 26.1 Å². The number of carbonyl (C=O) groups excluding carboxylic acids is 1. The second-order valence-electron chi connectivity index (χ2n) is 6.61. The predicted molar refractivity (Wildman–Crippen MR) is 70.1 cm³/mol. The van der Waals surface area contributed by atoms with E-state index >= 15 is 0 Å². The van der Waals surface area contributed by atoms with Crippen molar-refractivity contribution in [3.63, 3.8) is 0 Å².